The molecule has 0 radical (unpaired) electrons. The van der Waals surface area contributed by atoms with Gasteiger partial charge in [0, 0.05) is 12.6 Å². The molecule has 1 unspecified atom stereocenters. The molecule has 1 atom stereocenters. The summed E-state index contributed by atoms with van der Waals surface area (Å²) in [5, 5.41) is 0. The molecule has 2 N–H and O–H groups in total. The molecule has 102 valence electrons. The third-order valence-corrected chi connectivity index (χ3v) is 3.89. The quantitative estimate of drug-likeness (QED) is 0.659. The van der Waals surface area contributed by atoms with E-state index in [4.69, 9.17) is 5.73 Å². The Morgan fingerprint density at radius 2 is 1.82 bits per heavy atom. The van der Waals surface area contributed by atoms with Crippen molar-refractivity contribution in [2.75, 3.05) is 40.3 Å². The first-order valence-electron chi connectivity index (χ1n) is 7.33. The van der Waals surface area contributed by atoms with Crippen LogP contribution in [0.1, 0.15) is 44.9 Å². The normalized spacial score (nSPS) is 22.2. The van der Waals surface area contributed by atoms with Crippen LogP contribution in [0, 0.1) is 0 Å². The highest BCUT2D eigenvalue weighted by atomic mass is 15.2. The molecule has 1 aliphatic rings. The minimum atomic E-state index is 0.779. The summed E-state index contributed by atoms with van der Waals surface area (Å²) in [6.45, 7) is 4.74. The summed E-state index contributed by atoms with van der Waals surface area (Å²) in [6, 6.07) is 0.779. The van der Waals surface area contributed by atoms with Crippen LogP contribution < -0.4 is 5.73 Å². The van der Waals surface area contributed by atoms with Crippen LogP contribution >= 0.6 is 0 Å². The molecule has 0 spiro atoms. The Balaban J connectivity index is 2.02. The van der Waals surface area contributed by atoms with Gasteiger partial charge in [0.05, 0.1) is 0 Å². The van der Waals surface area contributed by atoms with E-state index in [0.29, 0.717) is 0 Å². The first kappa shape index (κ1) is 14.9. The zero-order valence-corrected chi connectivity index (χ0v) is 11.8. The predicted octanol–water partition coefficient (Wildman–Crippen LogP) is 1.92. The number of nitrogens with zero attached hydrogens (tertiary/aromatic N) is 2. The molecule has 0 aromatic carbocycles. The summed E-state index contributed by atoms with van der Waals surface area (Å²) < 4.78 is 0. The largest absolute Gasteiger partial charge is 0.330 e. The van der Waals surface area contributed by atoms with Gasteiger partial charge in [0.2, 0.25) is 0 Å². The van der Waals surface area contributed by atoms with E-state index < -0.39 is 0 Å². The van der Waals surface area contributed by atoms with E-state index >= 15 is 0 Å². The Bertz CT molecular complexity index is 182. The first-order chi connectivity index (χ1) is 8.24. The van der Waals surface area contributed by atoms with E-state index in [1.165, 1.54) is 64.6 Å². The highest BCUT2D eigenvalue weighted by Gasteiger charge is 2.20. The molecule has 1 heterocycles. The van der Waals surface area contributed by atoms with Gasteiger partial charge in [-0.2, -0.15) is 0 Å². The van der Waals surface area contributed by atoms with Gasteiger partial charge < -0.3 is 15.5 Å². The van der Waals surface area contributed by atoms with E-state index in [9.17, 15) is 0 Å². The number of hydrogen-bond acceptors (Lipinski definition) is 3. The molecular weight excluding hydrogens is 210 g/mol. The zero-order chi connectivity index (χ0) is 12.5. The minimum absolute atomic E-state index is 0.779. The average Bonchev–Trinajstić information content (AvgIpc) is 2.34. The standard InChI is InChI=1S/C14H31N3/c1-16(2)14-9-8-12-17(13-14)11-7-5-3-4-6-10-15/h14H,3-13,15H2,1-2H3. The Kier molecular flexibility index (Phi) is 7.82. The number of nitrogens with two attached hydrogens (primary N) is 1. The van der Waals surface area contributed by atoms with Crippen LogP contribution in [0.3, 0.4) is 0 Å². The molecule has 0 amide bonds. The van der Waals surface area contributed by atoms with Crippen LogP contribution in [0.25, 0.3) is 0 Å². The van der Waals surface area contributed by atoms with Crippen LogP contribution in [-0.2, 0) is 0 Å². The van der Waals surface area contributed by atoms with Crippen molar-refractivity contribution in [3.63, 3.8) is 0 Å². The van der Waals surface area contributed by atoms with Crippen molar-refractivity contribution in [3.05, 3.63) is 0 Å². The molecular formula is C14H31N3. The summed E-state index contributed by atoms with van der Waals surface area (Å²) in [7, 11) is 4.42. The predicted molar refractivity (Wildman–Crippen MR) is 75.3 cm³/mol. The average molecular weight is 241 g/mol. The lowest BCUT2D eigenvalue weighted by Crippen LogP contribution is -2.45. The molecule has 0 bridgehead atoms. The molecule has 1 saturated heterocycles. The lowest BCUT2D eigenvalue weighted by Gasteiger charge is -2.36. The summed E-state index contributed by atoms with van der Waals surface area (Å²) in [5.74, 6) is 0. The number of likely N-dealkylation sites (N-methyl/N-ethyl adjacent to an activating group) is 1. The van der Waals surface area contributed by atoms with Crippen LogP contribution in [0.2, 0.25) is 0 Å². The van der Waals surface area contributed by atoms with Crippen molar-refractivity contribution in [3.8, 4) is 0 Å². The smallest absolute Gasteiger partial charge is 0.0217 e. The zero-order valence-electron chi connectivity index (χ0n) is 11.8. The topological polar surface area (TPSA) is 32.5 Å². The fourth-order valence-electron chi connectivity index (χ4n) is 2.67. The van der Waals surface area contributed by atoms with Crippen molar-refractivity contribution in [1.29, 1.82) is 0 Å². The van der Waals surface area contributed by atoms with Crippen molar-refractivity contribution in [2.45, 2.75) is 51.0 Å². The Morgan fingerprint density at radius 3 is 2.53 bits per heavy atom. The van der Waals surface area contributed by atoms with E-state index in [-0.39, 0.29) is 0 Å². The number of unbranched alkanes of at least 4 members (excludes halogenated alkanes) is 4. The van der Waals surface area contributed by atoms with E-state index in [2.05, 4.69) is 23.9 Å². The third-order valence-electron chi connectivity index (χ3n) is 3.89. The molecule has 0 aromatic rings. The van der Waals surface area contributed by atoms with Crippen LogP contribution in [0.4, 0.5) is 0 Å². The molecule has 3 heteroatoms. The second-order valence-electron chi connectivity index (χ2n) is 5.62. The SMILES string of the molecule is CN(C)C1CCCN(CCCCCCCN)C1. The molecule has 3 nitrogen and oxygen atoms in total. The molecule has 0 aromatic heterocycles. The maximum atomic E-state index is 5.49. The highest BCUT2D eigenvalue weighted by molar-refractivity contribution is 4.77. The van der Waals surface area contributed by atoms with E-state index in [1.54, 1.807) is 0 Å². The Morgan fingerprint density at radius 1 is 1.12 bits per heavy atom. The third kappa shape index (κ3) is 6.39. The fraction of sp³-hybridized carbons (Fsp3) is 1.00. The number of hydrogen-bond donors (Lipinski definition) is 1. The summed E-state index contributed by atoms with van der Waals surface area (Å²) in [4.78, 5) is 5.03. The molecule has 1 fully saturated rings. The minimum Gasteiger partial charge on any atom is -0.330 e. The second-order valence-corrected chi connectivity index (χ2v) is 5.62. The number of rotatable bonds is 8. The van der Waals surface area contributed by atoms with Gasteiger partial charge >= 0.3 is 0 Å². The van der Waals surface area contributed by atoms with Gasteiger partial charge in [-0.05, 0) is 59.4 Å². The van der Waals surface area contributed by atoms with Gasteiger partial charge in [-0.15, -0.1) is 0 Å². The first-order valence-corrected chi connectivity index (χ1v) is 7.33. The van der Waals surface area contributed by atoms with Gasteiger partial charge in [-0.25, -0.2) is 0 Å². The maximum Gasteiger partial charge on any atom is 0.0217 e. The molecule has 1 rings (SSSR count). The summed E-state index contributed by atoms with van der Waals surface area (Å²) >= 11 is 0. The molecule has 1 aliphatic heterocycles. The monoisotopic (exact) mass is 241 g/mol. The van der Waals surface area contributed by atoms with Gasteiger partial charge in [0.15, 0.2) is 0 Å². The number of piperidine rings is 1. The van der Waals surface area contributed by atoms with Gasteiger partial charge in [0.25, 0.3) is 0 Å². The molecule has 0 aliphatic carbocycles. The molecule has 17 heavy (non-hydrogen) atoms. The Labute approximate surface area is 107 Å². The summed E-state index contributed by atoms with van der Waals surface area (Å²) in [5.41, 5.74) is 5.49. The second kappa shape index (κ2) is 8.90. The fourth-order valence-corrected chi connectivity index (χ4v) is 2.67. The van der Waals surface area contributed by atoms with E-state index in [0.717, 1.165) is 12.6 Å². The lowest BCUT2D eigenvalue weighted by atomic mass is 10.0. The van der Waals surface area contributed by atoms with Crippen LogP contribution in [0.5, 0.6) is 0 Å². The van der Waals surface area contributed by atoms with Gasteiger partial charge in [-0.1, -0.05) is 19.3 Å². The highest BCUT2D eigenvalue weighted by Crippen LogP contribution is 2.14. The molecule has 0 saturated carbocycles. The number of likely N-dealkylation sites (tertiary alicyclic amines) is 1. The van der Waals surface area contributed by atoms with Crippen molar-refractivity contribution in [1.82, 2.24) is 9.80 Å². The Hall–Kier alpha value is -0.120. The van der Waals surface area contributed by atoms with Crippen molar-refractivity contribution >= 4 is 0 Å². The van der Waals surface area contributed by atoms with Crippen molar-refractivity contribution < 1.29 is 0 Å². The maximum absolute atomic E-state index is 5.49. The van der Waals surface area contributed by atoms with Crippen LogP contribution in [-0.4, -0.2) is 56.1 Å². The van der Waals surface area contributed by atoms with Crippen LogP contribution in [0.15, 0.2) is 0 Å². The lowest BCUT2D eigenvalue weighted by molar-refractivity contribution is 0.131. The van der Waals surface area contributed by atoms with Crippen molar-refractivity contribution in [2.24, 2.45) is 5.73 Å². The van der Waals surface area contributed by atoms with Gasteiger partial charge in [0.1, 0.15) is 0 Å². The van der Waals surface area contributed by atoms with E-state index in [1.807, 2.05) is 0 Å². The van der Waals surface area contributed by atoms with Gasteiger partial charge in [-0.3, -0.25) is 0 Å². The summed E-state index contributed by atoms with van der Waals surface area (Å²) in [6.07, 6.45) is 9.37.